The van der Waals surface area contributed by atoms with Crippen molar-refractivity contribution in [3.8, 4) is 11.5 Å². The van der Waals surface area contributed by atoms with E-state index in [-0.39, 0.29) is 4.75 Å². The van der Waals surface area contributed by atoms with Gasteiger partial charge >= 0.3 is 0 Å². The van der Waals surface area contributed by atoms with Crippen molar-refractivity contribution in [3.63, 3.8) is 0 Å². The van der Waals surface area contributed by atoms with Crippen LogP contribution in [0.15, 0.2) is 18.2 Å². The van der Waals surface area contributed by atoms with E-state index in [4.69, 9.17) is 9.47 Å². The van der Waals surface area contributed by atoms with Crippen LogP contribution in [0.3, 0.4) is 0 Å². The molecule has 1 N–H and O–H groups in total. The Balaban J connectivity index is 1.88. The van der Waals surface area contributed by atoms with Crippen LogP contribution in [0.25, 0.3) is 0 Å². The Morgan fingerprint density at radius 2 is 2.06 bits per heavy atom. The molecule has 1 heterocycles. The normalized spacial score (nSPS) is 14.1. The maximum absolute atomic E-state index is 5.35. The minimum Gasteiger partial charge on any atom is -0.454 e. The zero-order chi connectivity index (χ0) is 12.3. The lowest BCUT2D eigenvalue weighted by Crippen LogP contribution is -2.31. The van der Waals surface area contributed by atoms with Gasteiger partial charge in [0.15, 0.2) is 11.5 Å². The van der Waals surface area contributed by atoms with Crippen molar-refractivity contribution in [3.05, 3.63) is 23.8 Å². The van der Waals surface area contributed by atoms with Gasteiger partial charge in [-0.05, 0) is 37.8 Å². The molecule has 0 radical (unpaired) electrons. The molecular weight excluding hydrogens is 234 g/mol. The summed E-state index contributed by atoms with van der Waals surface area (Å²) in [5.74, 6) is 1.70. The molecule has 4 heteroatoms. The summed E-state index contributed by atoms with van der Waals surface area (Å²) in [4.78, 5) is 0. The van der Waals surface area contributed by atoms with Gasteiger partial charge in [0.05, 0.1) is 0 Å². The lowest BCUT2D eigenvalue weighted by atomic mass is 10.1. The number of ether oxygens (including phenoxy) is 2. The van der Waals surface area contributed by atoms with Gasteiger partial charge in [0.25, 0.3) is 0 Å². The van der Waals surface area contributed by atoms with Crippen LogP contribution in [0.4, 0.5) is 0 Å². The van der Waals surface area contributed by atoms with Crippen molar-refractivity contribution in [1.82, 2.24) is 5.32 Å². The highest BCUT2D eigenvalue weighted by Gasteiger charge is 2.16. The van der Waals surface area contributed by atoms with Gasteiger partial charge in [-0.15, -0.1) is 0 Å². The highest BCUT2D eigenvalue weighted by Crippen LogP contribution is 2.32. The van der Waals surface area contributed by atoms with Crippen LogP contribution in [0.5, 0.6) is 11.5 Å². The van der Waals surface area contributed by atoms with Crippen LogP contribution < -0.4 is 14.8 Å². The van der Waals surface area contributed by atoms with Gasteiger partial charge in [-0.1, -0.05) is 6.07 Å². The van der Waals surface area contributed by atoms with E-state index in [0.29, 0.717) is 6.79 Å². The Bertz CT molecular complexity index is 393. The van der Waals surface area contributed by atoms with E-state index in [1.54, 1.807) is 0 Å². The average molecular weight is 253 g/mol. The summed E-state index contributed by atoms with van der Waals surface area (Å²) >= 11 is 1.88. The SMILES string of the molecule is CSC(C)(C)CNCc1ccc2c(c1)OCO2. The Hall–Kier alpha value is -0.870. The number of fused-ring (bicyclic) bond motifs is 1. The highest BCUT2D eigenvalue weighted by atomic mass is 32.2. The van der Waals surface area contributed by atoms with E-state index in [0.717, 1.165) is 24.6 Å². The third kappa shape index (κ3) is 3.30. The first kappa shape index (κ1) is 12.6. The van der Waals surface area contributed by atoms with Crippen molar-refractivity contribution in [1.29, 1.82) is 0 Å². The van der Waals surface area contributed by atoms with E-state index >= 15 is 0 Å². The molecule has 1 aliphatic heterocycles. The summed E-state index contributed by atoms with van der Waals surface area (Å²) in [5.41, 5.74) is 1.23. The third-order valence-corrected chi connectivity index (χ3v) is 4.12. The standard InChI is InChI=1S/C13H19NO2S/c1-13(2,17-3)8-14-7-10-4-5-11-12(6-10)16-9-15-11/h4-6,14H,7-9H2,1-3H3. The second-order valence-electron chi connectivity index (χ2n) is 4.75. The van der Waals surface area contributed by atoms with Crippen LogP contribution in [0.1, 0.15) is 19.4 Å². The minimum atomic E-state index is 0.274. The molecule has 0 aliphatic carbocycles. The van der Waals surface area contributed by atoms with E-state index < -0.39 is 0 Å². The quantitative estimate of drug-likeness (QED) is 0.874. The summed E-state index contributed by atoms with van der Waals surface area (Å²) in [6.07, 6.45) is 2.14. The molecule has 1 aliphatic rings. The van der Waals surface area contributed by atoms with Gasteiger partial charge < -0.3 is 14.8 Å². The number of nitrogens with one attached hydrogen (secondary N) is 1. The van der Waals surface area contributed by atoms with E-state index in [1.807, 2.05) is 23.9 Å². The molecule has 1 aromatic carbocycles. The van der Waals surface area contributed by atoms with Crippen LogP contribution in [0.2, 0.25) is 0 Å². The van der Waals surface area contributed by atoms with Crippen LogP contribution in [-0.4, -0.2) is 24.3 Å². The highest BCUT2D eigenvalue weighted by molar-refractivity contribution is 7.99. The van der Waals surface area contributed by atoms with Gasteiger partial charge in [-0.3, -0.25) is 0 Å². The van der Waals surface area contributed by atoms with E-state index in [1.165, 1.54) is 5.56 Å². The summed E-state index contributed by atoms with van der Waals surface area (Å²) in [7, 11) is 0. The summed E-state index contributed by atoms with van der Waals surface area (Å²) < 4.78 is 10.9. The molecule has 0 spiro atoms. The van der Waals surface area contributed by atoms with Gasteiger partial charge in [-0.2, -0.15) is 11.8 Å². The number of hydrogen-bond acceptors (Lipinski definition) is 4. The lowest BCUT2D eigenvalue weighted by molar-refractivity contribution is 0.174. The van der Waals surface area contributed by atoms with Crippen LogP contribution >= 0.6 is 11.8 Å². The van der Waals surface area contributed by atoms with Crippen LogP contribution in [-0.2, 0) is 6.54 Å². The van der Waals surface area contributed by atoms with Crippen molar-refractivity contribution < 1.29 is 9.47 Å². The first-order chi connectivity index (χ1) is 8.11. The first-order valence-corrected chi connectivity index (χ1v) is 6.97. The number of thioether (sulfide) groups is 1. The molecule has 3 nitrogen and oxygen atoms in total. The first-order valence-electron chi connectivity index (χ1n) is 5.75. The second-order valence-corrected chi connectivity index (χ2v) is 6.27. The van der Waals surface area contributed by atoms with Gasteiger partial charge in [0, 0.05) is 17.8 Å². The molecule has 0 unspecified atom stereocenters. The number of rotatable bonds is 5. The lowest BCUT2D eigenvalue weighted by Gasteiger charge is -2.22. The Morgan fingerprint density at radius 1 is 1.29 bits per heavy atom. The molecule has 0 bridgehead atoms. The number of hydrogen-bond donors (Lipinski definition) is 1. The molecule has 17 heavy (non-hydrogen) atoms. The molecular formula is C13H19NO2S. The summed E-state index contributed by atoms with van der Waals surface area (Å²) in [6.45, 7) is 6.67. The monoisotopic (exact) mass is 253 g/mol. The molecule has 0 fully saturated rings. The van der Waals surface area contributed by atoms with E-state index in [2.05, 4.69) is 31.5 Å². The largest absolute Gasteiger partial charge is 0.454 e. The molecule has 1 aromatic rings. The van der Waals surface area contributed by atoms with Crippen molar-refractivity contribution in [2.45, 2.75) is 25.1 Å². The fourth-order valence-electron chi connectivity index (χ4n) is 1.63. The van der Waals surface area contributed by atoms with Gasteiger partial charge in [0.1, 0.15) is 0 Å². The molecule has 0 saturated carbocycles. The smallest absolute Gasteiger partial charge is 0.231 e. The fourth-order valence-corrected chi connectivity index (χ4v) is 1.88. The van der Waals surface area contributed by atoms with Crippen molar-refractivity contribution in [2.75, 3.05) is 19.6 Å². The predicted molar refractivity (Wildman–Crippen MR) is 71.9 cm³/mol. The second kappa shape index (κ2) is 5.19. The minimum absolute atomic E-state index is 0.274. The molecule has 2 rings (SSSR count). The topological polar surface area (TPSA) is 30.5 Å². The van der Waals surface area contributed by atoms with Crippen molar-refractivity contribution >= 4 is 11.8 Å². The maximum Gasteiger partial charge on any atom is 0.231 e. The molecule has 0 saturated heterocycles. The van der Waals surface area contributed by atoms with Gasteiger partial charge in [0.2, 0.25) is 6.79 Å². The van der Waals surface area contributed by atoms with Gasteiger partial charge in [-0.25, -0.2) is 0 Å². The van der Waals surface area contributed by atoms with Crippen molar-refractivity contribution in [2.24, 2.45) is 0 Å². The predicted octanol–water partition coefficient (Wildman–Crippen LogP) is 2.65. The zero-order valence-electron chi connectivity index (χ0n) is 10.6. The van der Waals surface area contributed by atoms with E-state index in [9.17, 15) is 0 Å². The maximum atomic E-state index is 5.35. The molecule has 0 atom stereocenters. The molecule has 94 valence electrons. The average Bonchev–Trinajstić information content (AvgIpc) is 2.76. The Labute approximate surface area is 107 Å². The zero-order valence-corrected chi connectivity index (χ0v) is 11.4. The summed E-state index contributed by atoms with van der Waals surface area (Å²) in [5, 5.41) is 3.47. The molecule has 0 aromatic heterocycles. The fraction of sp³-hybridized carbons (Fsp3) is 0.538. The Kier molecular flexibility index (Phi) is 3.84. The summed E-state index contributed by atoms with van der Waals surface area (Å²) in [6, 6.07) is 6.09. The van der Waals surface area contributed by atoms with Crippen LogP contribution in [0, 0.1) is 0 Å². The molecule has 0 amide bonds. The Morgan fingerprint density at radius 3 is 2.82 bits per heavy atom. The third-order valence-electron chi connectivity index (χ3n) is 2.87. The number of benzene rings is 1.